The van der Waals surface area contributed by atoms with E-state index in [-0.39, 0.29) is 11.9 Å². The topological polar surface area (TPSA) is 67.2 Å². The fourth-order valence-corrected chi connectivity index (χ4v) is 2.84. The summed E-state index contributed by atoms with van der Waals surface area (Å²) in [5, 5.41) is 6.43. The maximum atomic E-state index is 11.2. The first kappa shape index (κ1) is 14.9. The molecule has 2 atom stereocenters. The van der Waals surface area contributed by atoms with Gasteiger partial charge < -0.3 is 16.4 Å². The molecule has 1 aliphatic heterocycles. The standard InChI is InChI=1S/C15H21N3OS/c16-15(19)13-8-12(6-7-17-13)9-14(20)18-10-11-4-2-1-3-5-11/h1-5,12-13,17H,6-10H2,(H2,16,19)(H,18,20). The van der Waals surface area contributed by atoms with Crippen LogP contribution in [-0.4, -0.2) is 23.5 Å². The number of carbonyl (C=O) groups excluding carboxylic acids is 1. The lowest BCUT2D eigenvalue weighted by molar-refractivity contribution is -0.120. The van der Waals surface area contributed by atoms with E-state index in [1.54, 1.807) is 0 Å². The number of hydrogen-bond acceptors (Lipinski definition) is 3. The zero-order chi connectivity index (χ0) is 14.4. The van der Waals surface area contributed by atoms with Crippen molar-refractivity contribution in [2.24, 2.45) is 11.7 Å². The molecule has 1 aromatic rings. The number of carbonyl (C=O) groups is 1. The maximum Gasteiger partial charge on any atom is 0.234 e. The van der Waals surface area contributed by atoms with Gasteiger partial charge in [-0.05, 0) is 30.9 Å². The minimum atomic E-state index is -0.266. The van der Waals surface area contributed by atoms with E-state index in [1.165, 1.54) is 5.56 Å². The SMILES string of the molecule is NC(=O)C1CC(CC(=S)NCc2ccccc2)CCN1. The van der Waals surface area contributed by atoms with E-state index >= 15 is 0 Å². The first-order valence-electron chi connectivity index (χ1n) is 6.98. The molecule has 5 heteroatoms. The minimum absolute atomic E-state index is 0.203. The van der Waals surface area contributed by atoms with Gasteiger partial charge in [0.15, 0.2) is 0 Å². The molecule has 1 saturated heterocycles. The fraction of sp³-hybridized carbons (Fsp3) is 0.467. The van der Waals surface area contributed by atoms with Crippen molar-refractivity contribution in [3.63, 3.8) is 0 Å². The second kappa shape index (κ2) is 7.36. The van der Waals surface area contributed by atoms with Crippen molar-refractivity contribution in [3.05, 3.63) is 35.9 Å². The first-order chi connectivity index (χ1) is 9.65. The van der Waals surface area contributed by atoms with E-state index in [9.17, 15) is 4.79 Å². The Morgan fingerprint density at radius 3 is 2.85 bits per heavy atom. The third-order valence-electron chi connectivity index (χ3n) is 3.66. The number of benzene rings is 1. The van der Waals surface area contributed by atoms with Crippen LogP contribution >= 0.6 is 12.2 Å². The lowest BCUT2D eigenvalue weighted by atomic mass is 9.89. The molecule has 1 aliphatic rings. The molecule has 0 radical (unpaired) electrons. The van der Waals surface area contributed by atoms with Crippen molar-refractivity contribution in [3.8, 4) is 0 Å². The monoisotopic (exact) mass is 291 g/mol. The van der Waals surface area contributed by atoms with Gasteiger partial charge in [-0.25, -0.2) is 0 Å². The van der Waals surface area contributed by atoms with Crippen LogP contribution < -0.4 is 16.4 Å². The van der Waals surface area contributed by atoms with E-state index in [2.05, 4.69) is 22.8 Å². The van der Waals surface area contributed by atoms with Crippen molar-refractivity contribution in [1.82, 2.24) is 10.6 Å². The molecule has 0 aromatic heterocycles. The summed E-state index contributed by atoms with van der Waals surface area (Å²) < 4.78 is 0. The molecule has 0 spiro atoms. The lowest BCUT2D eigenvalue weighted by Gasteiger charge is -2.28. The molecule has 1 aromatic carbocycles. The van der Waals surface area contributed by atoms with Crippen LogP contribution in [0.3, 0.4) is 0 Å². The Bertz CT molecular complexity index is 463. The summed E-state index contributed by atoms with van der Waals surface area (Å²) in [6.45, 7) is 1.59. The van der Waals surface area contributed by atoms with Crippen molar-refractivity contribution in [2.45, 2.75) is 31.8 Å². The van der Waals surface area contributed by atoms with Gasteiger partial charge >= 0.3 is 0 Å². The van der Waals surface area contributed by atoms with Crippen LogP contribution in [0.25, 0.3) is 0 Å². The highest BCUT2D eigenvalue weighted by molar-refractivity contribution is 7.80. The Balaban J connectivity index is 1.75. The van der Waals surface area contributed by atoms with Gasteiger partial charge in [-0.15, -0.1) is 0 Å². The highest BCUT2D eigenvalue weighted by Crippen LogP contribution is 2.20. The van der Waals surface area contributed by atoms with Crippen LogP contribution in [0.2, 0.25) is 0 Å². The van der Waals surface area contributed by atoms with Gasteiger partial charge in [-0.3, -0.25) is 4.79 Å². The number of nitrogens with one attached hydrogen (secondary N) is 2. The number of amides is 1. The van der Waals surface area contributed by atoms with Crippen LogP contribution in [0.4, 0.5) is 0 Å². The molecule has 0 aliphatic carbocycles. The van der Waals surface area contributed by atoms with Crippen LogP contribution in [0.15, 0.2) is 30.3 Å². The van der Waals surface area contributed by atoms with Gasteiger partial charge in [-0.2, -0.15) is 0 Å². The summed E-state index contributed by atoms with van der Waals surface area (Å²) in [6.07, 6.45) is 2.65. The van der Waals surface area contributed by atoms with Gasteiger partial charge in [0.1, 0.15) is 0 Å². The molecular weight excluding hydrogens is 270 g/mol. The normalized spacial score (nSPS) is 22.2. The average Bonchev–Trinajstić information content (AvgIpc) is 2.46. The molecule has 2 rings (SSSR count). The Morgan fingerprint density at radius 2 is 2.15 bits per heavy atom. The quantitative estimate of drug-likeness (QED) is 0.716. The molecule has 0 bridgehead atoms. The Hall–Kier alpha value is -1.46. The number of primary amides is 1. The van der Waals surface area contributed by atoms with Crippen LogP contribution in [0.5, 0.6) is 0 Å². The van der Waals surface area contributed by atoms with Gasteiger partial charge in [0, 0.05) is 13.0 Å². The van der Waals surface area contributed by atoms with Crippen molar-refractivity contribution in [2.75, 3.05) is 6.54 Å². The van der Waals surface area contributed by atoms with E-state index in [1.807, 2.05) is 18.2 Å². The summed E-state index contributed by atoms with van der Waals surface area (Å²) >= 11 is 5.39. The van der Waals surface area contributed by atoms with Crippen molar-refractivity contribution < 1.29 is 4.79 Å². The zero-order valence-electron chi connectivity index (χ0n) is 11.5. The second-order valence-corrected chi connectivity index (χ2v) is 5.76. The van der Waals surface area contributed by atoms with Gasteiger partial charge in [0.25, 0.3) is 0 Å². The highest BCUT2D eigenvalue weighted by atomic mass is 32.1. The molecule has 4 N–H and O–H groups in total. The third-order valence-corrected chi connectivity index (χ3v) is 3.97. The fourth-order valence-electron chi connectivity index (χ4n) is 2.53. The van der Waals surface area contributed by atoms with Gasteiger partial charge in [0.05, 0.1) is 11.0 Å². The third kappa shape index (κ3) is 4.58. The maximum absolute atomic E-state index is 11.2. The highest BCUT2D eigenvalue weighted by Gasteiger charge is 2.25. The molecule has 2 unspecified atom stereocenters. The van der Waals surface area contributed by atoms with E-state index in [0.717, 1.165) is 37.3 Å². The van der Waals surface area contributed by atoms with E-state index < -0.39 is 0 Å². The lowest BCUT2D eigenvalue weighted by Crippen LogP contribution is -2.47. The van der Waals surface area contributed by atoms with E-state index in [0.29, 0.717) is 5.92 Å². The molecule has 1 heterocycles. The minimum Gasteiger partial charge on any atom is -0.376 e. The summed E-state index contributed by atoms with van der Waals surface area (Å²) in [6, 6.07) is 9.98. The molecule has 108 valence electrons. The Morgan fingerprint density at radius 1 is 1.40 bits per heavy atom. The molecule has 1 amide bonds. The predicted molar refractivity (Wildman–Crippen MR) is 84.2 cm³/mol. The number of thiocarbonyl (C=S) groups is 1. The average molecular weight is 291 g/mol. The number of hydrogen-bond donors (Lipinski definition) is 3. The van der Waals surface area contributed by atoms with Gasteiger partial charge in [0.2, 0.25) is 5.91 Å². The molecule has 20 heavy (non-hydrogen) atoms. The molecule has 0 saturated carbocycles. The molecular formula is C15H21N3OS. The number of rotatable bonds is 5. The summed E-state index contributed by atoms with van der Waals surface area (Å²) in [5.74, 6) is 0.169. The van der Waals surface area contributed by atoms with Crippen LogP contribution in [0, 0.1) is 5.92 Å². The summed E-state index contributed by atoms with van der Waals surface area (Å²) in [7, 11) is 0. The van der Waals surface area contributed by atoms with Crippen LogP contribution in [0.1, 0.15) is 24.8 Å². The van der Waals surface area contributed by atoms with Crippen LogP contribution in [-0.2, 0) is 11.3 Å². The smallest absolute Gasteiger partial charge is 0.234 e. The van der Waals surface area contributed by atoms with Crippen molar-refractivity contribution in [1.29, 1.82) is 0 Å². The molecule has 4 nitrogen and oxygen atoms in total. The number of piperidine rings is 1. The van der Waals surface area contributed by atoms with Crippen molar-refractivity contribution >= 4 is 23.1 Å². The Labute approximate surface area is 125 Å². The van der Waals surface area contributed by atoms with E-state index in [4.69, 9.17) is 18.0 Å². The first-order valence-corrected chi connectivity index (χ1v) is 7.39. The zero-order valence-corrected chi connectivity index (χ0v) is 12.3. The van der Waals surface area contributed by atoms with Gasteiger partial charge in [-0.1, -0.05) is 42.5 Å². The Kier molecular flexibility index (Phi) is 5.49. The summed E-state index contributed by atoms with van der Waals surface area (Å²) in [5.41, 5.74) is 6.56. The largest absolute Gasteiger partial charge is 0.376 e. The summed E-state index contributed by atoms with van der Waals surface area (Å²) in [4.78, 5) is 12.1. The number of nitrogens with two attached hydrogens (primary N) is 1. The molecule has 1 fully saturated rings. The predicted octanol–water partition coefficient (Wildman–Crippen LogP) is 1.35. The second-order valence-electron chi connectivity index (χ2n) is 5.27.